The first-order valence-electron chi connectivity index (χ1n) is 25.3. The van der Waals surface area contributed by atoms with E-state index >= 15 is 8.78 Å². The monoisotopic (exact) mass is 1010 g/mol. The molecule has 0 N–H and O–H groups in total. The van der Waals surface area contributed by atoms with Crippen molar-refractivity contribution in [3.05, 3.63) is 254 Å². The second kappa shape index (κ2) is 18.8. The molecule has 9 nitrogen and oxygen atoms in total. The molecule has 0 fully saturated rings. The summed E-state index contributed by atoms with van der Waals surface area (Å²) in [6.45, 7) is 0. The van der Waals surface area contributed by atoms with Crippen molar-refractivity contribution < 1.29 is 8.78 Å². The van der Waals surface area contributed by atoms with E-state index in [0.717, 1.165) is 60.3 Å². The third kappa shape index (κ3) is 7.83. The van der Waals surface area contributed by atoms with E-state index in [0.29, 0.717) is 63.0 Å². The van der Waals surface area contributed by atoms with Gasteiger partial charge in [-0.3, -0.25) is 0 Å². The third-order valence-corrected chi connectivity index (χ3v) is 14.2. The number of para-hydroxylation sites is 2. The van der Waals surface area contributed by atoms with E-state index in [1.807, 2.05) is 215 Å². The van der Waals surface area contributed by atoms with Crippen molar-refractivity contribution >= 4 is 43.6 Å². The molecule has 0 atom stereocenters. The maximum Gasteiger partial charge on any atom is 0.164 e. The Morgan fingerprint density at radius 3 is 1.05 bits per heavy atom. The predicted octanol–water partition coefficient (Wildman–Crippen LogP) is 16.1. The van der Waals surface area contributed by atoms with Crippen LogP contribution in [0.3, 0.4) is 0 Å². The Hall–Kier alpha value is -10.8. The number of halogens is 2. The number of benzene rings is 10. The Balaban J connectivity index is 1.02. The van der Waals surface area contributed by atoms with Gasteiger partial charge in [0, 0.05) is 60.5 Å². The van der Waals surface area contributed by atoms with Crippen molar-refractivity contribution in [1.29, 1.82) is 5.26 Å². The van der Waals surface area contributed by atoms with Crippen LogP contribution in [0.25, 0.3) is 134 Å². The standard InChI is InChI=1S/C67H39F2N9/c68-53-28-17-29-54(69)61(53)52-39-57(77-55-30-15-13-26-48(55)50-34-32-45(36-58(50)77)66-73-62(41-18-5-1-6-19-41)71-63(74-66)42-20-7-2-8-21-42)47(40-70)38-60(52)78-56-31-16-14-27-49(56)51-35-33-46(37-59(51)78)67-75-64(43-22-9-3-10-23-43)72-65(76-67)44-24-11-4-12-25-44/h1-39H. The van der Waals surface area contributed by atoms with E-state index in [4.69, 9.17) is 29.9 Å². The van der Waals surface area contributed by atoms with Crippen molar-refractivity contribution in [2.75, 3.05) is 0 Å². The summed E-state index contributed by atoms with van der Waals surface area (Å²) in [5, 5.41) is 15.0. The lowest BCUT2D eigenvalue weighted by molar-refractivity contribution is 0.589. The molecular weight excluding hydrogens is 969 g/mol. The second-order valence-electron chi connectivity index (χ2n) is 18.8. The molecule has 11 heteroatoms. The van der Waals surface area contributed by atoms with Gasteiger partial charge in [-0.2, -0.15) is 5.26 Å². The molecule has 0 bridgehead atoms. The maximum atomic E-state index is 16.8. The summed E-state index contributed by atoms with van der Waals surface area (Å²) in [6.07, 6.45) is 0. The normalized spacial score (nSPS) is 11.4. The molecule has 366 valence electrons. The Labute approximate surface area is 445 Å². The third-order valence-electron chi connectivity index (χ3n) is 14.2. The van der Waals surface area contributed by atoms with Crippen LogP contribution in [0, 0.1) is 23.0 Å². The zero-order valence-corrected chi connectivity index (χ0v) is 41.3. The fourth-order valence-corrected chi connectivity index (χ4v) is 10.6. The molecular formula is C67H39F2N9. The minimum Gasteiger partial charge on any atom is -0.309 e. The summed E-state index contributed by atoms with van der Waals surface area (Å²) < 4.78 is 37.5. The Kier molecular flexibility index (Phi) is 11.0. The molecule has 0 saturated carbocycles. The number of fused-ring (bicyclic) bond motifs is 6. The Morgan fingerprint density at radius 2 is 0.654 bits per heavy atom. The first kappa shape index (κ1) is 45.8. The van der Waals surface area contributed by atoms with Crippen LogP contribution in [-0.4, -0.2) is 39.0 Å². The van der Waals surface area contributed by atoms with Crippen molar-refractivity contribution in [2.45, 2.75) is 0 Å². The highest BCUT2D eigenvalue weighted by Gasteiger charge is 2.26. The molecule has 0 saturated heterocycles. The lowest BCUT2D eigenvalue weighted by atomic mass is 9.98. The van der Waals surface area contributed by atoms with Gasteiger partial charge < -0.3 is 9.13 Å². The molecule has 14 rings (SSSR count). The molecule has 0 unspecified atom stereocenters. The number of aromatic nitrogens is 8. The fraction of sp³-hybridized carbons (Fsp3) is 0. The van der Waals surface area contributed by atoms with Crippen LogP contribution in [0.5, 0.6) is 0 Å². The van der Waals surface area contributed by atoms with Crippen molar-refractivity contribution in [3.63, 3.8) is 0 Å². The molecule has 4 heterocycles. The van der Waals surface area contributed by atoms with E-state index < -0.39 is 11.6 Å². The van der Waals surface area contributed by atoms with Gasteiger partial charge in [0.15, 0.2) is 34.9 Å². The van der Waals surface area contributed by atoms with E-state index in [-0.39, 0.29) is 16.7 Å². The lowest BCUT2D eigenvalue weighted by Crippen LogP contribution is -2.05. The first-order valence-corrected chi connectivity index (χ1v) is 25.3. The lowest BCUT2D eigenvalue weighted by Gasteiger charge is -2.19. The van der Waals surface area contributed by atoms with Crippen LogP contribution in [0.15, 0.2) is 237 Å². The molecule has 0 spiro atoms. The van der Waals surface area contributed by atoms with Crippen LogP contribution >= 0.6 is 0 Å². The Morgan fingerprint density at radius 1 is 0.308 bits per heavy atom. The zero-order valence-electron chi connectivity index (χ0n) is 41.3. The molecule has 0 amide bonds. The van der Waals surface area contributed by atoms with E-state index in [9.17, 15) is 5.26 Å². The average Bonchev–Trinajstić information content (AvgIpc) is 4.25. The first-order chi connectivity index (χ1) is 38.5. The topological polar surface area (TPSA) is 111 Å². The van der Waals surface area contributed by atoms with Gasteiger partial charge in [-0.05, 0) is 48.5 Å². The summed E-state index contributed by atoms with van der Waals surface area (Å²) in [5.41, 5.74) is 8.73. The van der Waals surface area contributed by atoms with Crippen molar-refractivity contribution in [1.82, 2.24) is 39.0 Å². The largest absolute Gasteiger partial charge is 0.309 e. The molecule has 78 heavy (non-hydrogen) atoms. The van der Waals surface area contributed by atoms with Gasteiger partial charge in [0.2, 0.25) is 0 Å². The zero-order chi connectivity index (χ0) is 52.3. The number of hydrogen-bond acceptors (Lipinski definition) is 7. The van der Waals surface area contributed by atoms with Crippen LogP contribution in [0.2, 0.25) is 0 Å². The van der Waals surface area contributed by atoms with Gasteiger partial charge in [0.05, 0.1) is 44.6 Å². The van der Waals surface area contributed by atoms with Crippen molar-refractivity contribution in [3.8, 4) is 96.9 Å². The van der Waals surface area contributed by atoms with Crippen LogP contribution in [0.4, 0.5) is 8.78 Å². The van der Waals surface area contributed by atoms with E-state index in [2.05, 4.69) is 6.07 Å². The second-order valence-corrected chi connectivity index (χ2v) is 18.8. The van der Waals surface area contributed by atoms with Gasteiger partial charge in [-0.1, -0.05) is 188 Å². The maximum absolute atomic E-state index is 16.8. The van der Waals surface area contributed by atoms with Gasteiger partial charge in [-0.25, -0.2) is 38.7 Å². The van der Waals surface area contributed by atoms with Gasteiger partial charge in [0.1, 0.15) is 17.7 Å². The van der Waals surface area contributed by atoms with Crippen LogP contribution in [-0.2, 0) is 0 Å². The summed E-state index contributed by atoms with van der Waals surface area (Å²) in [4.78, 5) is 30.0. The van der Waals surface area contributed by atoms with Gasteiger partial charge in [-0.15, -0.1) is 0 Å². The highest BCUT2D eigenvalue weighted by molar-refractivity contribution is 6.12. The molecule has 0 aliphatic carbocycles. The highest BCUT2D eigenvalue weighted by atomic mass is 19.1. The average molecular weight is 1010 g/mol. The van der Waals surface area contributed by atoms with Gasteiger partial charge >= 0.3 is 0 Å². The minimum absolute atomic E-state index is 0.227. The highest BCUT2D eigenvalue weighted by Crippen LogP contribution is 2.43. The number of rotatable bonds is 9. The molecule has 0 aliphatic rings. The smallest absolute Gasteiger partial charge is 0.164 e. The minimum atomic E-state index is -0.761. The number of nitrogens with zero attached hydrogens (tertiary/aromatic N) is 9. The summed E-state index contributed by atoms with van der Waals surface area (Å²) in [6, 6.07) is 76.8. The Bertz CT molecular complexity index is 4570. The van der Waals surface area contributed by atoms with Crippen LogP contribution < -0.4 is 0 Å². The summed E-state index contributed by atoms with van der Waals surface area (Å²) in [5.74, 6) is 1.40. The molecule has 0 radical (unpaired) electrons. The van der Waals surface area contributed by atoms with Crippen molar-refractivity contribution in [2.24, 2.45) is 0 Å². The molecule has 0 aliphatic heterocycles. The molecule has 10 aromatic carbocycles. The molecule has 14 aromatic rings. The van der Waals surface area contributed by atoms with Crippen LogP contribution in [0.1, 0.15) is 5.56 Å². The number of hydrogen-bond donors (Lipinski definition) is 0. The summed E-state index contributed by atoms with van der Waals surface area (Å²) >= 11 is 0. The van der Waals surface area contributed by atoms with E-state index in [1.54, 1.807) is 12.1 Å². The predicted molar refractivity (Wildman–Crippen MR) is 305 cm³/mol. The molecule has 4 aromatic heterocycles. The van der Waals surface area contributed by atoms with E-state index in [1.165, 1.54) is 18.2 Å². The fourth-order valence-electron chi connectivity index (χ4n) is 10.6. The number of nitriles is 1. The van der Waals surface area contributed by atoms with Gasteiger partial charge in [0.25, 0.3) is 0 Å². The summed E-state index contributed by atoms with van der Waals surface area (Å²) in [7, 11) is 0. The quantitative estimate of drug-likeness (QED) is 0.142. The SMILES string of the molecule is N#Cc1cc(-n2c3ccccc3c3ccc(-c4nc(-c5ccccc5)nc(-c5ccccc5)n4)cc32)c(-c2c(F)cccc2F)cc1-n1c2ccccc2c2ccc(-c3nc(-c4ccccc4)nc(-c4ccccc4)n3)cc21.